The second-order valence-corrected chi connectivity index (χ2v) is 6.35. The van der Waals surface area contributed by atoms with Crippen LogP contribution in [-0.4, -0.2) is 24.5 Å². The largest absolute Gasteiger partial charge is 0.304 e. The predicted molar refractivity (Wildman–Crippen MR) is 98.0 cm³/mol. The van der Waals surface area contributed by atoms with E-state index in [9.17, 15) is 0 Å². The van der Waals surface area contributed by atoms with Gasteiger partial charge in [-0.25, -0.2) is 0 Å². The fourth-order valence-electron chi connectivity index (χ4n) is 2.93. The molecule has 0 saturated heterocycles. The summed E-state index contributed by atoms with van der Waals surface area (Å²) in [4.78, 5) is 2.54. The summed E-state index contributed by atoms with van der Waals surface area (Å²) in [7, 11) is 0. The van der Waals surface area contributed by atoms with Crippen LogP contribution in [-0.2, 0) is 0 Å². The number of hydrogen-bond donors (Lipinski definition) is 0. The molecule has 0 spiro atoms. The molecule has 0 aliphatic rings. The van der Waals surface area contributed by atoms with Gasteiger partial charge in [0.1, 0.15) is 0 Å². The van der Waals surface area contributed by atoms with Gasteiger partial charge in [-0.05, 0) is 38.9 Å². The highest BCUT2D eigenvalue weighted by molar-refractivity contribution is 4.65. The summed E-state index contributed by atoms with van der Waals surface area (Å²) in [5, 5.41) is 0. The smallest absolute Gasteiger partial charge is 0.00190 e. The fraction of sp³-hybridized carbons (Fsp3) is 0.900. The molecule has 0 aromatic carbocycles. The molecular weight excluding hydrogens is 254 g/mol. The Morgan fingerprint density at radius 3 is 1.38 bits per heavy atom. The van der Waals surface area contributed by atoms with Crippen molar-refractivity contribution in [3.63, 3.8) is 0 Å². The van der Waals surface area contributed by atoms with Gasteiger partial charge in [-0.15, -0.1) is 6.58 Å². The molecule has 126 valence electrons. The second kappa shape index (κ2) is 17.8. The molecule has 0 fully saturated rings. The number of rotatable bonds is 17. The van der Waals surface area contributed by atoms with Crippen LogP contribution in [0.25, 0.3) is 0 Å². The van der Waals surface area contributed by atoms with E-state index in [1.165, 1.54) is 103 Å². The highest BCUT2D eigenvalue weighted by atomic mass is 15.1. The Morgan fingerprint density at radius 1 is 0.619 bits per heavy atom. The number of nitrogens with zero attached hydrogens (tertiary/aromatic N) is 1. The first-order valence-electron chi connectivity index (χ1n) is 9.68. The van der Waals surface area contributed by atoms with E-state index >= 15 is 0 Å². The van der Waals surface area contributed by atoms with Gasteiger partial charge in [0.2, 0.25) is 0 Å². The summed E-state index contributed by atoms with van der Waals surface area (Å²) in [5.74, 6) is 0. The number of unbranched alkanes of at least 4 members (excludes halogenated alkanes) is 12. The quantitative estimate of drug-likeness (QED) is 0.216. The van der Waals surface area contributed by atoms with Crippen molar-refractivity contribution < 1.29 is 0 Å². The Kier molecular flexibility index (Phi) is 17.5. The van der Waals surface area contributed by atoms with Crippen LogP contribution in [0.4, 0.5) is 0 Å². The third-order valence-corrected chi connectivity index (χ3v) is 4.53. The molecule has 0 bridgehead atoms. The normalized spacial score (nSPS) is 11.2. The van der Waals surface area contributed by atoms with Gasteiger partial charge in [0.15, 0.2) is 0 Å². The van der Waals surface area contributed by atoms with Crippen molar-refractivity contribution in [3.8, 4) is 0 Å². The van der Waals surface area contributed by atoms with E-state index in [-0.39, 0.29) is 0 Å². The molecule has 0 rings (SSSR count). The molecule has 0 aliphatic heterocycles. The average Bonchev–Trinajstić information content (AvgIpc) is 2.51. The summed E-state index contributed by atoms with van der Waals surface area (Å²) in [6.07, 6.45) is 20.4. The van der Waals surface area contributed by atoms with E-state index < -0.39 is 0 Å². The molecule has 0 aromatic rings. The standard InChI is InChI=1S/C20H41N/c1-4-7-8-9-10-11-12-13-14-15-16-17-18-19-20-21(5-2)6-3/h4H,1,5-20H2,2-3H3. The Balaban J connectivity index is 3.04. The minimum atomic E-state index is 1.20. The Bertz CT molecular complexity index is 196. The molecule has 0 heterocycles. The molecule has 1 nitrogen and oxygen atoms in total. The summed E-state index contributed by atoms with van der Waals surface area (Å²) in [6, 6.07) is 0. The first kappa shape index (κ1) is 20.7. The highest BCUT2D eigenvalue weighted by Gasteiger charge is 1.98. The maximum absolute atomic E-state index is 3.77. The van der Waals surface area contributed by atoms with Crippen LogP contribution >= 0.6 is 0 Å². The van der Waals surface area contributed by atoms with Crippen molar-refractivity contribution in [1.29, 1.82) is 0 Å². The summed E-state index contributed by atoms with van der Waals surface area (Å²) < 4.78 is 0. The first-order chi connectivity index (χ1) is 10.3. The van der Waals surface area contributed by atoms with Crippen molar-refractivity contribution >= 4 is 0 Å². The molecule has 0 atom stereocenters. The van der Waals surface area contributed by atoms with Crippen LogP contribution < -0.4 is 0 Å². The molecule has 0 aromatic heterocycles. The van der Waals surface area contributed by atoms with Gasteiger partial charge in [-0.3, -0.25) is 0 Å². The van der Waals surface area contributed by atoms with Crippen molar-refractivity contribution in [1.82, 2.24) is 4.90 Å². The van der Waals surface area contributed by atoms with Crippen LogP contribution in [0.15, 0.2) is 12.7 Å². The third-order valence-electron chi connectivity index (χ3n) is 4.53. The number of hydrogen-bond acceptors (Lipinski definition) is 1. The topological polar surface area (TPSA) is 3.24 Å². The number of allylic oxidation sites excluding steroid dienone is 1. The average molecular weight is 296 g/mol. The summed E-state index contributed by atoms with van der Waals surface area (Å²) in [5.41, 5.74) is 0. The summed E-state index contributed by atoms with van der Waals surface area (Å²) in [6.45, 7) is 12.0. The molecule has 0 saturated carbocycles. The predicted octanol–water partition coefficient (Wildman–Crippen LogP) is 6.59. The Labute approximate surface area is 135 Å². The molecule has 21 heavy (non-hydrogen) atoms. The van der Waals surface area contributed by atoms with E-state index in [1.807, 2.05) is 6.08 Å². The van der Waals surface area contributed by atoms with Crippen molar-refractivity contribution in [2.24, 2.45) is 0 Å². The van der Waals surface area contributed by atoms with Crippen molar-refractivity contribution in [3.05, 3.63) is 12.7 Å². The van der Waals surface area contributed by atoms with E-state index in [4.69, 9.17) is 0 Å². The van der Waals surface area contributed by atoms with Gasteiger partial charge < -0.3 is 4.90 Å². The minimum Gasteiger partial charge on any atom is -0.304 e. The van der Waals surface area contributed by atoms with Gasteiger partial charge in [0.05, 0.1) is 0 Å². The van der Waals surface area contributed by atoms with Gasteiger partial charge in [-0.1, -0.05) is 84.1 Å². The summed E-state index contributed by atoms with van der Waals surface area (Å²) >= 11 is 0. The van der Waals surface area contributed by atoms with Gasteiger partial charge in [0, 0.05) is 0 Å². The lowest BCUT2D eigenvalue weighted by molar-refractivity contribution is 0.295. The van der Waals surface area contributed by atoms with E-state index in [0.717, 1.165) is 0 Å². The lowest BCUT2D eigenvalue weighted by atomic mass is 10.0. The Hall–Kier alpha value is -0.300. The highest BCUT2D eigenvalue weighted by Crippen LogP contribution is 2.12. The lowest BCUT2D eigenvalue weighted by Gasteiger charge is -2.17. The van der Waals surface area contributed by atoms with Crippen LogP contribution in [0.1, 0.15) is 97.3 Å². The van der Waals surface area contributed by atoms with Crippen LogP contribution in [0.3, 0.4) is 0 Å². The monoisotopic (exact) mass is 295 g/mol. The van der Waals surface area contributed by atoms with Gasteiger partial charge >= 0.3 is 0 Å². The molecule has 0 unspecified atom stereocenters. The SMILES string of the molecule is C=CCCCCCCCCCCCCCCN(CC)CC. The lowest BCUT2D eigenvalue weighted by Crippen LogP contribution is -2.23. The van der Waals surface area contributed by atoms with E-state index in [1.54, 1.807) is 0 Å². The minimum absolute atomic E-state index is 1.20. The van der Waals surface area contributed by atoms with Crippen molar-refractivity contribution in [2.45, 2.75) is 97.3 Å². The van der Waals surface area contributed by atoms with Crippen molar-refractivity contribution in [2.75, 3.05) is 19.6 Å². The second-order valence-electron chi connectivity index (χ2n) is 6.35. The zero-order valence-corrected chi connectivity index (χ0v) is 15.0. The molecule has 0 amide bonds. The van der Waals surface area contributed by atoms with Gasteiger partial charge in [-0.2, -0.15) is 0 Å². The van der Waals surface area contributed by atoms with E-state index in [0.29, 0.717) is 0 Å². The molecule has 0 radical (unpaired) electrons. The van der Waals surface area contributed by atoms with Crippen LogP contribution in [0.5, 0.6) is 0 Å². The zero-order valence-electron chi connectivity index (χ0n) is 15.0. The third kappa shape index (κ3) is 15.9. The maximum Gasteiger partial charge on any atom is -0.00190 e. The van der Waals surface area contributed by atoms with Crippen LogP contribution in [0, 0.1) is 0 Å². The van der Waals surface area contributed by atoms with E-state index in [2.05, 4.69) is 25.3 Å². The first-order valence-corrected chi connectivity index (χ1v) is 9.68. The molecule has 1 heteroatoms. The molecular formula is C20H41N. The van der Waals surface area contributed by atoms with Gasteiger partial charge in [0.25, 0.3) is 0 Å². The maximum atomic E-state index is 3.77. The fourth-order valence-corrected chi connectivity index (χ4v) is 2.93. The molecule has 0 N–H and O–H groups in total. The zero-order chi connectivity index (χ0) is 15.6. The Morgan fingerprint density at radius 2 is 1.00 bits per heavy atom. The van der Waals surface area contributed by atoms with Crippen LogP contribution in [0.2, 0.25) is 0 Å². The molecule has 0 aliphatic carbocycles.